The molecule has 0 aromatic heterocycles. The maximum absolute atomic E-state index is 11.2. The largest absolute Gasteiger partial charge is 0.398 e. The first-order valence-corrected chi connectivity index (χ1v) is 7.65. The van der Waals surface area contributed by atoms with E-state index in [1.807, 2.05) is 6.07 Å². The summed E-state index contributed by atoms with van der Waals surface area (Å²) < 4.78 is 0. The minimum atomic E-state index is -0.465. The van der Waals surface area contributed by atoms with Gasteiger partial charge in [-0.3, -0.25) is 9.69 Å². The van der Waals surface area contributed by atoms with Crippen molar-refractivity contribution in [2.24, 2.45) is 5.73 Å². The van der Waals surface area contributed by atoms with Gasteiger partial charge in [0.25, 0.3) is 0 Å². The Labute approximate surface area is 125 Å². The van der Waals surface area contributed by atoms with Crippen LogP contribution in [0.15, 0.2) is 18.2 Å². The number of nitrogen functional groups attached to an aromatic ring is 1. The lowest BCUT2D eigenvalue weighted by Gasteiger charge is -2.34. The van der Waals surface area contributed by atoms with Crippen molar-refractivity contribution in [3.8, 4) is 0 Å². The van der Waals surface area contributed by atoms with Gasteiger partial charge in [-0.1, -0.05) is 25.3 Å². The standard InChI is InChI=1S/C16H25N3O2/c17-15-10-12(16(18)21)6-7-13(15)11-19(8-9-20)14-4-2-1-3-5-14/h6-7,10,14,20H,1-5,8-9,11,17H2,(H2,18,21). The number of primary amides is 1. The van der Waals surface area contributed by atoms with E-state index in [2.05, 4.69) is 4.90 Å². The first-order valence-electron chi connectivity index (χ1n) is 7.65. The molecular formula is C16H25N3O2. The van der Waals surface area contributed by atoms with Crippen molar-refractivity contribution in [2.45, 2.75) is 44.7 Å². The molecule has 0 bridgehead atoms. The third-order valence-electron chi connectivity index (χ3n) is 4.28. The van der Waals surface area contributed by atoms with Crippen molar-refractivity contribution in [3.63, 3.8) is 0 Å². The number of benzene rings is 1. The van der Waals surface area contributed by atoms with E-state index in [1.165, 1.54) is 32.1 Å². The molecule has 0 heterocycles. The lowest BCUT2D eigenvalue weighted by molar-refractivity contribution is 0.1000. The predicted octanol–water partition coefficient (Wildman–Crippen LogP) is 1.49. The van der Waals surface area contributed by atoms with E-state index in [0.29, 0.717) is 30.4 Å². The summed E-state index contributed by atoms with van der Waals surface area (Å²) in [6.45, 7) is 1.51. The normalized spacial score (nSPS) is 16.3. The summed E-state index contributed by atoms with van der Waals surface area (Å²) in [5, 5.41) is 9.30. The van der Waals surface area contributed by atoms with E-state index in [9.17, 15) is 9.90 Å². The lowest BCUT2D eigenvalue weighted by Crippen LogP contribution is -2.38. The molecule has 1 saturated carbocycles. The molecule has 1 aliphatic rings. The number of aliphatic hydroxyl groups is 1. The van der Waals surface area contributed by atoms with Gasteiger partial charge in [-0.05, 0) is 30.5 Å². The van der Waals surface area contributed by atoms with Gasteiger partial charge in [-0.25, -0.2) is 0 Å². The van der Waals surface area contributed by atoms with E-state index >= 15 is 0 Å². The topological polar surface area (TPSA) is 92.6 Å². The number of hydrogen-bond donors (Lipinski definition) is 3. The van der Waals surface area contributed by atoms with E-state index < -0.39 is 5.91 Å². The van der Waals surface area contributed by atoms with Crippen LogP contribution in [-0.4, -0.2) is 35.1 Å². The molecule has 1 fully saturated rings. The Balaban J connectivity index is 2.10. The molecule has 116 valence electrons. The number of carbonyl (C=O) groups excluding carboxylic acids is 1. The van der Waals surface area contributed by atoms with Gasteiger partial charge in [0.2, 0.25) is 5.91 Å². The van der Waals surface area contributed by atoms with Crippen LogP contribution in [0.5, 0.6) is 0 Å². The van der Waals surface area contributed by atoms with E-state index in [1.54, 1.807) is 12.1 Å². The third kappa shape index (κ3) is 4.19. The van der Waals surface area contributed by atoms with E-state index in [-0.39, 0.29) is 6.61 Å². The number of rotatable bonds is 6. The van der Waals surface area contributed by atoms with Crippen LogP contribution in [-0.2, 0) is 6.54 Å². The minimum absolute atomic E-state index is 0.149. The first-order chi connectivity index (χ1) is 10.1. The molecule has 1 aromatic carbocycles. The lowest BCUT2D eigenvalue weighted by atomic mass is 9.93. The molecule has 0 aliphatic heterocycles. The third-order valence-corrected chi connectivity index (χ3v) is 4.28. The predicted molar refractivity (Wildman–Crippen MR) is 83.7 cm³/mol. The fourth-order valence-electron chi connectivity index (χ4n) is 3.08. The monoisotopic (exact) mass is 291 g/mol. The van der Waals surface area contributed by atoms with Crippen LogP contribution in [0, 0.1) is 0 Å². The number of amides is 1. The number of anilines is 1. The van der Waals surface area contributed by atoms with Crippen LogP contribution in [0.4, 0.5) is 5.69 Å². The molecular weight excluding hydrogens is 266 g/mol. The summed E-state index contributed by atoms with van der Waals surface area (Å²) in [4.78, 5) is 13.5. The Kier molecular flexibility index (Phi) is 5.59. The average molecular weight is 291 g/mol. The first kappa shape index (κ1) is 15.8. The Bertz CT molecular complexity index is 484. The highest BCUT2D eigenvalue weighted by Crippen LogP contribution is 2.25. The molecule has 1 amide bonds. The Morgan fingerprint density at radius 2 is 2.00 bits per heavy atom. The van der Waals surface area contributed by atoms with Crippen LogP contribution in [0.25, 0.3) is 0 Å². The Morgan fingerprint density at radius 3 is 2.57 bits per heavy atom. The maximum atomic E-state index is 11.2. The summed E-state index contributed by atoms with van der Waals surface area (Å²) in [5.74, 6) is -0.465. The highest BCUT2D eigenvalue weighted by molar-refractivity contribution is 5.93. The summed E-state index contributed by atoms with van der Waals surface area (Å²) in [7, 11) is 0. The molecule has 5 nitrogen and oxygen atoms in total. The zero-order chi connectivity index (χ0) is 15.2. The number of aliphatic hydroxyl groups excluding tert-OH is 1. The molecule has 0 atom stereocenters. The molecule has 2 rings (SSSR count). The van der Waals surface area contributed by atoms with Gasteiger partial charge in [-0.15, -0.1) is 0 Å². The zero-order valence-corrected chi connectivity index (χ0v) is 12.4. The van der Waals surface area contributed by atoms with Crippen molar-refractivity contribution < 1.29 is 9.90 Å². The molecule has 5 N–H and O–H groups in total. The van der Waals surface area contributed by atoms with E-state index in [0.717, 1.165) is 5.56 Å². The molecule has 5 heteroatoms. The molecule has 0 saturated heterocycles. The minimum Gasteiger partial charge on any atom is -0.398 e. The van der Waals surface area contributed by atoms with Gasteiger partial charge >= 0.3 is 0 Å². The SMILES string of the molecule is NC(=O)c1ccc(CN(CCO)C2CCCCC2)c(N)c1. The second kappa shape index (κ2) is 7.43. The quantitative estimate of drug-likeness (QED) is 0.692. The molecule has 1 aliphatic carbocycles. The van der Waals surface area contributed by atoms with Crippen molar-refractivity contribution in [3.05, 3.63) is 29.3 Å². The van der Waals surface area contributed by atoms with Gasteiger partial charge in [0.15, 0.2) is 0 Å². The number of hydrogen-bond acceptors (Lipinski definition) is 4. The maximum Gasteiger partial charge on any atom is 0.248 e. The van der Waals surface area contributed by atoms with Crippen molar-refractivity contribution in [1.82, 2.24) is 4.90 Å². The summed E-state index contributed by atoms with van der Waals surface area (Å²) in [6.07, 6.45) is 6.17. The van der Waals surface area contributed by atoms with Gasteiger partial charge in [-0.2, -0.15) is 0 Å². The van der Waals surface area contributed by atoms with Crippen LogP contribution in [0.2, 0.25) is 0 Å². The average Bonchev–Trinajstić information content (AvgIpc) is 2.49. The molecule has 0 spiro atoms. The molecule has 1 aromatic rings. The van der Waals surface area contributed by atoms with Gasteiger partial charge in [0, 0.05) is 30.4 Å². The number of nitrogens with zero attached hydrogens (tertiary/aromatic N) is 1. The Hall–Kier alpha value is -1.59. The number of carbonyl (C=O) groups is 1. The molecule has 0 radical (unpaired) electrons. The van der Waals surface area contributed by atoms with Gasteiger partial charge in [0.05, 0.1) is 6.61 Å². The van der Waals surface area contributed by atoms with Crippen LogP contribution >= 0.6 is 0 Å². The van der Waals surface area contributed by atoms with Crippen molar-refractivity contribution in [1.29, 1.82) is 0 Å². The van der Waals surface area contributed by atoms with Gasteiger partial charge in [0.1, 0.15) is 0 Å². The van der Waals surface area contributed by atoms with Crippen LogP contribution in [0.3, 0.4) is 0 Å². The Morgan fingerprint density at radius 1 is 1.29 bits per heavy atom. The summed E-state index contributed by atoms with van der Waals surface area (Å²) >= 11 is 0. The van der Waals surface area contributed by atoms with Gasteiger partial charge < -0.3 is 16.6 Å². The van der Waals surface area contributed by atoms with Crippen molar-refractivity contribution >= 4 is 11.6 Å². The zero-order valence-electron chi connectivity index (χ0n) is 12.4. The highest BCUT2D eigenvalue weighted by atomic mass is 16.3. The smallest absolute Gasteiger partial charge is 0.248 e. The van der Waals surface area contributed by atoms with Crippen molar-refractivity contribution in [2.75, 3.05) is 18.9 Å². The number of nitrogens with two attached hydrogens (primary N) is 2. The fourth-order valence-corrected chi connectivity index (χ4v) is 3.08. The fraction of sp³-hybridized carbons (Fsp3) is 0.562. The summed E-state index contributed by atoms with van der Waals surface area (Å²) in [6, 6.07) is 5.73. The molecule has 0 unspecified atom stereocenters. The van der Waals surface area contributed by atoms with Crippen LogP contribution in [0.1, 0.15) is 48.0 Å². The summed E-state index contributed by atoms with van der Waals surface area (Å²) in [5.41, 5.74) is 13.3. The second-order valence-corrected chi connectivity index (χ2v) is 5.76. The highest BCUT2D eigenvalue weighted by Gasteiger charge is 2.21. The van der Waals surface area contributed by atoms with E-state index in [4.69, 9.17) is 11.5 Å². The molecule has 21 heavy (non-hydrogen) atoms. The van der Waals surface area contributed by atoms with Crippen LogP contribution < -0.4 is 11.5 Å². The second-order valence-electron chi connectivity index (χ2n) is 5.76.